The van der Waals surface area contributed by atoms with E-state index in [0.29, 0.717) is 38.0 Å². The van der Waals surface area contributed by atoms with Gasteiger partial charge in [0.1, 0.15) is 0 Å². The summed E-state index contributed by atoms with van der Waals surface area (Å²) in [5.41, 5.74) is 1.10. The van der Waals surface area contributed by atoms with Gasteiger partial charge in [-0.15, -0.1) is 0 Å². The predicted octanol–water partition coefficient (Wildman–Crippen LogP) is 2.77. The van der Waals surface area contributed by atoms with Gasteiger partial charge in [0.05, 0.1) is 31.8 Å². The average Bonchev–Trinajstić information content (AvgIpc) is 3.29. The first kappa shape index (κ1) is 16.5. The molecule has 0 aromatic carbocycles. The van der Waals surface area contributed by atoms with Gasteiger partial charge in [0.2, 0.25) is 11.8 Å². The number of fused-ring (bicyclic) bond motifs is 1. The van der Waals surface area contributed by atoms with Crippen molar-refractivity contribution in [2.75, 3.05) is 19.8 Å². The van der Waals surface area contributed by atoms with E-state index >= 15 is 0 Å². The highest BCUT2D eigenvalue weighted by atomic mass is 32.1. The highest BCUT2D eigenvalue weighted by Gasteiger charge is 2.42. The number of aromatic nitrogens is 1. The maximum absolute atomic E-state index is 12.7. The van der Waals surface area contributed by atoms with E-state index in [0.717, 1.165) is 18.4 Å². The second-order valence-electron chi connectivity index (χ2n) is 6.69. The highest BCUT2D eigenvalue weighted by molar-refractivity contribution is 7.08. The fourth-order valence-corrected chi connectivity index (χ4v) is 4.47. The molecule has 2 aromatic rings. The van der Waals surface area contributed by atoms with Gasteiger partial charge in [-0.3, -0.25) is 4.79 Å². The van der Waals surface area contributed by atoms with Gasteiger partial charge in [0, 0.05) is 18.8 Å². The lowest BCUT2D eigenvalue weighted by atomic mass is 10.1. The maximum atomic E-state index is 12.7. The Hall–Kier alpha value is -1.92. The molecule has 6 heteroatoms. The summed E-state index contributed by atoms with van der Waals surface area (Å²) in [6.45, 7) is 1.95. The van der Waals surface area contributed by atoms with Crippen LogP contribution in [0.3, 0.4) is 0 Å². The summed E-state index contributed by atoms with van der Waals surface area (Å²) >= 11 is 1.63. The average molecular weight is 358 g/mol. The Morgan fingerprint density at radius 2 is 2.32 bits per heavy atom. The number of morpholine rings is 1. The molecule has 5 nitrogen and oxygen atoms in total. The topological polar surface area (TPSA) is 51.7 Å². The van der Waals surface area contributed by atoms with Crippen molar-refractivity contribution in [3.63, 3.8) is 0 Å². The van der Waals surface area contributed by atoms with Gasteiger partial charge in [-0.05, 0) is 47.2 Å². The van der Waals surface area contributed by atoms with Crippen LogP contribution in [0.5, 0.6) is 5.88 Å². The molecule has 0 N–H and O–H groups in total. The fraction of sp³-hybridized carbons (Fsp3) is 0.474. The number of pyridine rings is 1. The lowest BCUT2D eigenvalue weighted by Crippen LogP contribution is -2.51. The third-order valence-corrected chi connectivity index (χ3v) is 5.73. The van der Waals surface area contributed by atoms with Crippen molar-refractivity contribution in [1.29, 1.82) is 0 Å². The van der Waals surface area contributed by atoms with Crippen LogP contribution in [0.25, 0.3) is 0 Å². The minimum absolute atomic E-state index is 0.137. The monoisotopic (exact) mass is 358 g/mol. The van der Waals surface area contributed by atoms with Crippen molar-refractivity contribution < 1.29 is 14.3 Å². The Morgan fingerprint density at radius 3 is 3.12 bits per heavy atom. The lowest BCUT2D eigenvalue weighted by Gasteiger charge is -2.37. The smallest absolute Gasteiger partial charge is 0.227 e. The van der Waals surface area contributed by atoms with Gasteiger partial charge in [0.25, 0.3) is 0 Å². The Bertz CT molecular complexity index is 692. The summed E-state index contributed by atoms with van der Waals surface area (Å²) in [4.78, 5) is 19.0. The van der Waals surface area contributed by atoms with Gasteiger partial charge in [-0.2, -0.15) is 11.3 Å². The van der Waals surface area contributed by atoms with Crippen molar-refractivity contribution in [1.82, 2.24) is 9.88 Å². The minimum atomic E-state index is 0.137. The molecular weight excluding hydrogens is 336 g/mol. The molecule has 3 atom stereocenters. The molecule has 2 fully saturated rings. The fourth-order valence-electron chi connectivity index (χ4n) is 3.80. The highest BCUT2D eigenvalue weighted by Crippen LogP contribution is 2.35. The van der Waals surface area contributed by atoms with Crippen LogP contribution in [-0.2, 0) is 16.0 Å². The molecule has 0 spiro atoms. The third-order valence-electron chi connectivity index (χ3n) is 4.99. The molecule has 4 rings (SSSR count). The van der Waals surface area contributed by atoms with E-state index in [2.05, 4.69) is 4.98 Å². The molecule has 25 heavy (non-hydrogen) atoms. The Labute approximate surface area is 151 Å². The summed E-state index contributed by atoms with van der Waals surface area (Å²) in [6, 6.07) is 7.87. The maximum Gasteiger partial charge on any atom is 0.227 e. The van der Waals surface area contributed by atoms with Crippen LogP contribution in [-0.4, -0.2) is 47.7 Å². The molecule has 1 saturated carbocycles. The van der Waals surface area contributed by atoms with Crippen molar-refractivity contribution in [3.8, 4) is 5.88 Å². The van der Waals surface area contributed by atoms with Gasteiger partial charge in [0.15, 0.2) is 0 Å². The van der Waals surface area contributed by atoms with Crippen LogP contribution in [0.15, 0.2) is 41.2 Å². The number of amides is 1. The SMILES string of the molecule is O=C(Cc1ccsc1)N1CCO[C@@H]2C[C@@H](COc3ccccn3)C[C@H]21. The van der Waals surface area contributed by atoms with Crippen LogP contribution in [0, 0.1) is 5.92 Å². The summed E-state index contributed by atoms with van der Waals surface area (Å²) in [5.74, 6) is 1.26. The van der Waals surface area contributed by atoms with Crippen LogP contribution < -0.4 is 4.74 Å². The second kappa shape index (κ2) is 7.54. The van der Waals surface area contributed by atoms with E-state index in [9.17, 15) is 4.79 Å². The van der Waals surface area contributed by atoms with Crippen molar-refractivity contribution >= 4 is 17.2 Å². The Kier molecular flexibility index (Phi) is 4.99. The summed E-state index contributed by atoms with van der Waals surface area (Å²) in [6.07, 6.45) is 4.24. The first-order valence-electron chi connectivity index (χ1n) is 8.75. The van der Waals surface area contributed by atoms with E-state index < -0.39 is 0 Å². The molecule has 132 valence electrons. The third kappa shape index (κ3) is 3.85. The second-order valence-corrected chi connectivity index (χ2v) is 7.47. The number of carbonyl (C=O) groups excluding carboxylic acids is 1. The molecule has 2 aromatic heterocycles. The van der Waals surface area contributed by atoms with E-state index in [-0.39, 0.29) is 18.1 Å². The molecule has 0 radical (unpaired) electrons. The molecule has 2 aliphatic rings. The molecule has 3 heterocycles. The summed E-state index contributed by atoms with van der Waals surface area (Å²) in [5, 5.41) is 4.07. The molecular formula is C19H22N2O3S. The number of rotatable bonds is 5. The zero-order valence-corrected chi connectivity index (χ0v) is 14.9. The minimum Gasteiger partial charge on any atom is -0.477 e. The zero-order valence-electron chi connectivity index (χ0n) is 14.0. The number of thiophene rings is 1. The lowest BCUT2D eigenvalue weighted by molar-refractivity contribution is -0.143. The van der Waals surface area contributed by atoms with Crippen molar-refractivity contribution in [2.45, 2.75) is 31.4 Å². The standard InChI is InChI=1S/C19H22N2O3S/c22-19(11-14-4-8-25-13-14)21-6-7-23-17-10-15(9-16(17)21)12-24-18-3-1-2-5-20-18/h1-5,8,13,15-17H,6-7,9-12H2/t15-,16+,17+/m0/s1. The van der Waals surface area contributed by atoms with E-state index in [1.54, 1.807) is 17.5 Å². The van der Waals surface area contributed by atoms with Crippen LogP contribution in [0.2, 0.25) is 0 Å². The van der Waals surface area contributed by atoms with Crippen molar-refractivity contribution in [3.05, 3.63) is 46.8 Å². The molecule has 0 bridgehead atoms. The Balaban J connectivity index is 1.35. The first-order valence-corrected chi connectivity index (χ1v) is 9.70. The van der Waals surface area contributed by atoms with E-state index in [4.69, 9.17) is 9.47 Å². The van der Waals surface area contributed by atoms with Crippen LogP contribution in [0.4, 0.5) is 0 Å². The van der Waals surface area contributed by atoms with E-state index in [1.807, 2.05) is 39.9 Å². The van der Waals surface area contributed by atoms with Crippen LogP contribution in [0.1, 0.15) is 18.4 Å². The zero-order chi connectivity index (χ0) is 17.1. The molecule has 1 amide bonds. The van der Waals surface area contributed by atoms with Crippen LogP contribution >= 0.6 is 11.3 Å². The molecule has 1 aliphatic carbocycles. The summed E-state index contributed by atoms with van der Waals surface area (Å²) in [7, 11) is 0. The Morgan fingerprint density at radius 1 is 1.36 bits per heavy atom. The number of ether oxygens (including phenoxy) is 2. The number of hydrogen-bond acceptors (Lipinski definition) is 5. The van der Waals surface area contributed by atoms with Gasteiger partial charge in [-0.1, -0.05) is 6.07 Å². The van der Waals surface area contributed by atoms with Gasteiger partial charge >= 0.3 is 0 Å². The number of hydrogen-bond donors (Lipinski definition) is 0. The molecule has 0 unspecified atom stereocenters. The van der Waals surface area contributed by atoms with Crippen molar-refractivity contribution in [2.24, 2.45) is 5.92 Å². The summed E-state index contributed by atoms with van der Waals surface area (Å²) < 4.78 is 11.7. The largest absolute Gasteiger partial charge is 0.477 e. The normalized spacial score (nSPS) is 25.6. The molecule has 1 saturated heterocycles. The number of nitrogens with zero attached hydrogens (tertiary/aromatic N) is 2. The van der Waals surface area contributed by atoms with Gasteiger partial charge in [-0.25, -0.2) is 4.98 Å². The quantitative estimate of drug-likeness (QED) is 0.825. The number of carbonyl (C=O) groups is 1. The van der Waals surface area contributed by atoms with E-state index in [1.165, 1.54) is 0 Å². The molecule has 1 aliphatic heterocycles. The van der Waals surface area contributed by atoms with Gasteiger partial charge < -0.3 is 14.4 Å². The first-order chi connectivity index (χ1) is 12.3. The predicted molar refractivity (Wildman–Crippen MR) is 95.7 cm³/mol.